The molecule has 2 N–H and O–H groups in total. The molecule has 0 aliphatic heterocycles. The Bertz CT molecular complexity index is 536. The number of anilines is 1. The number of carbonyl (C=O) groups is 2. The SMILES string of the molecule is CCCCc1cccc(CC(=O)NC(C)(C)C)c1NC(=O)S. The number of thiol groups is 1. The molecule has 2 amide bonds. The maximum absolute atomic E-state index is 12.1. The van der Waals surface area contributed by atoms with Crippen LogP contribution in [0.3, 0.4) is 0 Å². The van der Waals surface area contributed by atoms with Crippen LogP contribution in [-0.2, 0) is 17.6 Å². The van der Waals surface area contributed by atoms with Crippen molar-refractivity contribution in [1.82, 2.24) is 5.32 Å². The zero-order valence-corrected chi connectivity index (χ0v) is 14.7. The van der Waals surface area contributed by atoms with Gasteiger partial charge in [0.15, 0.2) is 0 Å². The molecular weight excluding hydrogens is 296 g/mol. The molecule has 122 valence electrons. The van der Waals surface area contributed by atoms with E-state index in [-0.39, 0.29) is 17.9 Å². The lowest BCUT2D eigenvalue weighted by Gasteiger charge is -2.21. The highest BCUT2D eigenvalue weighted by Crippen LogP contribution is 2.24. The fourth-order valence-electron chi connectivity index (χ4n) is 2.28. The largest absolute Gasteiger partial charge is 0.351 e. The van der Waals surface area contributed by atoms with Gasteiger partial charge in [-0.05, 0) is 44.7 Å². The molecule has 1 aromatic carbocycles. The minimum absolute atomic E-state index is 0.0604. The van der Waals surface area contributed by atoms with E-state index in [2.05, 4.69) is 30.2 Å². The van der Waals surface area contributed by atoms with Crippen LogP contribution in [0.4, 0.5) is 10.5 Å². The van der Waals surface area contributed by atoms with Gasteiger partial charge >= 0.3 is 0 Å². The molecule has 1 aromatic rings. The van der Waals surface area contributed by atoms with E-state index >= 15 is 0 Å². The first-order chi connectivity index (χ1) is 10.2. The standard InChI is InChI=1S/C17H26N2O2S/c1-5-6-8-12-9-7-10-13(15(12)18-16(21)22)11-14(20)19-17(2,3)4/h7,9-10H,5-6,8,11H2,1-4H3,(H,19,20)(H2,18,21,22). The van der Waals surface area contributed by atoms with Gasteiger partial charge < -0.3 is 10.6 Å². The molecule has 0 saturated heterocycles. The summed E-state index contributed by atoms with van der Waals surface area (Å²) in [7, 11) is 0. The number of aryl methyl sites for hydroxylation is 1. The van der Waals surface area contributed by atoms with Gasteiger partial charge in [-0.3, -0.25) is 9.59 Å². The van der Waals surface area contributed by atoms with Crippen molar-refractivity contribution in [3.8, 4) is 0 Å². The Labute approximate surface area is 138 Å². The van der Waals surface area contributed by atoms with Gasteiger partial charge in [-0.25, -0.2) is 0 Å². The van der Waals surface area contributed by atoms with E-state index in [1.54, 1.807) is 0 Å². The lowest BCUT2D eigenvalue weighted by molar-refractivity contribution is -0.121. The van der Waals surface area contributed by atoms with Crippen LogP contribution >= 0.6 is 12.6 Å². The Balaban J connectivity index is 3.01. The van der Waals surface area contributed by atoms with E-state index in [0.29, 0.717) is 0 Å². The Kier molecular flexibility index (Phi) is 6.94. The summed E-state index contributed by atoms with van der Waals surface area (Å²) < 4.78 is 0. The Morgan fingerprint density at radius 1 is 1.18 bits per heavy atom. The molecule has 4 nitrogen and oxygen atoms in total. The summed E-state index contributed by atoms with van der Waals surface area (Å²) in [4.78, 5) is 23.5. The Morgan fingerprint density at radius 3 is 2.36 bits per heavy atom. The van der Waals surface area contributed by atoms with Crippen molar-refractivity contribution in [2.75, 3.05) is 5.32 Å². The summed E-state index contributed by atoms with van der Waals surface area (Å²) in [5.74, 6) is -0.0604. The smallest absolute Gasteiger partial charge is 0.280 e. The van der Waals surface area contributed by atoms with Gasteiger partial charge in [0.1, 0.15) is 0 Å². The van der Waals surface area contributed by atoms with E-state index in [9.17, 15) is 9.59 Å². The average Bonchev–Trinajstić information content (AvgIpc) is 2.36. The number of para-hydroxylation sites is 1. The first kappa shape index (κ1) is 18.6. The van der Waals surface area contributed by atoms with Crippen LogP contribution in [0.5, 0.6) is 0 Å². The predicted molar refractivity (Wildman–Crippen MR) is 94.7 cm³/mol. The molecule has 0 bridgehead atoms. The maximum atomic E-state index is 12.1. The number of hydrogen-bond donors (Lipinski definition) is 3. The van der Waals surface area contributed by atoms with Crippen molar-refractivity contribution in [2.24, 2.45) is 0 Å². The van der Waals surface area contributed by atoms with Gasteiger partial charge in [0.25, 0.3) is 5.24 Å². The normalized spacial score (nSPS) is 11.1. The lowest BCUT2D eigenvalue weighted by atomic mass is 9.99. The van der Waals surface area contributed by atoms with Crippen molar-refractivity contribution in [3.63, 3.8) is 0 Å². The van der Waals surface area contributed by atoms with E-state index in [0.717, 1.165) is 36.1 Å². The van der Waals surface area contributed by atoms with Crippen LogP contribution in [0, 0.1) is 0 Å². The van der Waals surface area contributed by atoms with Crippen LogP contribution < -0.4 is 10.6 Å². The molecular formula is C17H26N2O2S. The molecule has 0 radical (unpaired) electrons. The zero-order valence-electron chi connectivity index (χ0n) is 13.8. The van der Waals surface area contributed by atoms with Gasteiger partial charge in [-0.1, -0.05) is 44.2 Å². The number of benzene rings is 1. The Morgan fingerprint density at radius 2 is 1.82 bits per heavy atom. The lowest BCUT2D eigenvalue weighted by Crippen LogP contribution is -2.41. The molecule has 0 aliphatic rings. The average molecular weight is 322 g/mol. The minimum Gasteiger partial charge on any atom is -0.351 e. The van der Waals surface area contributed by atoms with Gasteiger partial charge in [0.2, 0.25) is 5.91 Å². The molecule has 0 spiro atoms. The summed E-state index contributed by atoms with van der Waals surface area (Å²) >= 11 is 3.80. The number of carbonyl (C=O) groups excluding carboxylic acids is 2. The summed E-state index contributed by atoms with van der Waals surface area (Å²) in [6.07, 6.45) is 3.21. The van der Waals surface area contributed by atoms with Crippen molar-refractivity contribution in [1.29, 1.82) is 0 Å². The third-order valence-corrected chi connectivity index (χ3v) is 3.25. The van der Waals surface area contributed by atoms with Crippen LogP contribution in [-0.4, -0.2) is 16.7 Å². The third kappa shape index (κ3) is 6.52. The molecule has 5 heteroatoms. The molecule has 1 rings (SSSR count). The second-order valence-electron chi connectivity index (χ2n) is 6.46. The van der Waals surface area contributed by atoms with Gasteiger partial charge in [-0.2, -0.15) is 0 Å². The van der Waals surface area contributed by atoms with E-state index in [1.807, 2.05) is 39.0 Å². The summed E-state index contributed by atoms with van der Waals surface area (Å²) in [6.45, 7) is 7.95. The molecule has 0 heterocycles. The summed E-state index contributed by atoms with van der Waals surface area (Å²) in [5.41, 5.74) is 2.31. The predicted octanol–water partition coefficient (Wildman–Crippen LogP) is 3.95. The fourth-order valence-corrected chi connectivity index (χ4v) is 2.39. The Hall–Kier alpha value is -1.49. The molecule has 0 atom stereocenters. The van der Waals surface area contributed by atoms with Crippen molar-refractivity contribution in [2.45, 2.75) is 58.9 Å². The summed E-state index contributed by atoms with van der Waals surface area (Å²) in [5, 5.41) is 5.29. The van der Waals surface area contributed by atoms with Gasteiger partial charge in [0.05, 0.1) is 6.42 Å². The molecule has 0 saturated carbocycles. The van der Waals surface area contributed by atoms with Gasteiger partial charge in [-0.15, -0.1) is 0 Å². The van der Waals surface area contributed by atoms with E-state index in [1.165, 1.54) is 0 Å². The second-order valence-corrected chi connectivity index (χ2v) is 6.87. The molecule has 0 fully saturated rings. The van der Waals surface area contributed by atoms with Crippen molar-refractivity contribution < 1.29 is 9.59 Å². The highest BCUT2D eigenvalue weighted by molar-refractivity contribution is 7.96. The zero-order chi connectivity index (χ0) is 16.8. The van der Waals surface area contributed by atoms with Gasteiger partial charge in [0, 0.05) is 11.2 Å². The highest BCUT2D eigenvalue weighted by atomic mass is 32.1. The number of hydrogen-bond acceptors (Lipinski definition) is 2. The maximum Gasteiger partial charge on any atom is 0.280 e. The second kappa shape index (κ2) is 8.22. The first-order valence-corrected chi connectivity index (χ1v) is 8.09. The third-order valence-electron chi connectivity index (χ3n) is 3.13. The van der Waals surface area contributed by atoms with Crippen LogP contribution in [0.2, 0.25) is 0 Å². The number of nitrogens with one attached hydrogen (secondary N) is 2. The molecule has 0 aromatic heterocycles. The van der Waals surface area contributed by atoms with Crippen molar-refractivity contribution in [3.05, 3.63) is 29.3 Å². The van der Waals surface area contributed by atoms with Crippen LogP contribution in [0.25, 0.3) is 0 Å². The minimum atomic E-state index is -0.415. The topological polar surface area (TPSA) is 58.2 Å². The molecule has 0 unspecified atom stereocenters. The quantitative estimate of drug-likeness (QED) is 0.695. The van der Waals surface area contributed by atoms with E-state index < -0.39 is 5.24 Å². The number of unbranched alkanes of at least 4 members (excludes halogenated alkanes) is 1. The van der Waals surface area contributed by atoms with Crippen LogP contribution in [0.1, 0.15) is 51.7 Å². The molecule has 22 heavy (non-hydrogen) atoms. The molecule has 0 aliphatic carbocycles. The number of amides is 2. The monoisotopic (exact) mass is 322 g/mol. The van der Waals surface area contributed by atoms with Crippen molar-refractivity contribution >= 4 is 29.5 Å². The van der Waals surface area contributed by atoms with E-state index in [4.69, 9.17) is 0 Å². The first-order valence-electron chi connectivity index (χ1n) is 7.64. The number of rotatable bonds is 6. The fraction of sp³-hybridized carbons (Fsp3) is 0.529. The highest BCUT2D eigenvalue weighted by Gasteiger charge is 2.17. The van der Waals surface area contributed by atoms with Crippen LogP contribution in [0.15, 0.2) is 18.2 Å². The summed E-state index contributed by atoms with van der Waals surface area (Å²) in [6, 6.07) is 5.79.